The second-order valence-electron chi connectivity index (χ2n) is 4.28. The molecular weight excluding hydrogens is 257 g/mol. The minimum absolute atomic E-state index is 0.131. The average molecular weight is 274 g/mol. The van der Waals surface area contributed by atoms with Gasteiger partial charge in [0.15, 0.2) is 0 Å². The Labute approximate surface area is 110 Å². The van der Waals surface area contributed by atoms with E-state index in [9.17, 15) is 18.0 Å². The molecule has 0 aliphatic heterocycles. The number of carbonyl (C=O) groups excluding carboxylic acids is 1. The Hall–Kier alpha value is -1.56. The normalized spacial score (nSPS) is 13.1. The van der Waals surface area contributed by atoms with Crippen LogP contribution in [0.1, 0.15) is 31.0 Å². The maximum absolute atomic E-state index is 12.6. The van der Waals surface area contributed by atoms with Gasteiger partial charge in [-0.05, 0) is 24.6 Å². The number of carbonyl (C=O) groups is 1. The van der Waals surface area contributed by atoms with Crippen LogP contribution in [0.4, 0.5) is 13.2 Å². The van der Waals surface area contributed by atoms with E-state index in [1.807, 2.05) is 0 Å². The number of alkyl halides is 3. The molecule has 0 spiro atoms. The number of hydrogen-bond acceptors (Lipinski definition) is 2. The predicted molar refractivity (Wildman–Crippen MR) is 66.5 cm³/mol. The van der Waals surface area contributed by atoms with Gasteiger partial charge in [-0.1, -0.05) is 12.1 Å². The molecule has 0 aliphatic rings. The van der Waals surface area contributed by atoms with Crippen LogP contribution in [0, 0.1) is 0 Å². The average Bonchev–Trinajstić information content (AvgIpc) is 2.33. The highest BCUT2D eigenvalue weighted by molar-refractivity contribution is 5.72. The standard InChI is InChI=1S/C13H17F3N2O/c1-9(17-6-7-18-10(2)19)11-4-3-5-12(8-11)13(14,15)16/h3-5,8-9,17H,6-7H2,1-2H3,(H,18,19). The summed E-state index contributed by atoms with van der Waals surface area (Å²) in [6, 6.07) is 5.01. The summed E-state index contributed by atoms with van der Waals surface area (Å²) in [5.41, 5.74) is -0.0850. The maximum atomic E-state index is 12.6. The summed E-state index contributed by atoms with van der Waals surface area (Å²) < 4.78 is 37.7. The molecule has 1 amide bonds. The van der Waals surface area contributed by atoms with Crippen molar-refractivity contribution in [3.63, 3.8) is 0 Å². The van der Waals surface area contributed by atoms with Gasteiger partial charge in [-0.2, -0.15) is 13.2 Å². The SMILES string of the molecule is CC(=O)NCCNC(C)c1cccc(C(F)(F)F)c1. The van der Waals surface area contributed by atoms with Gasteiger partial charge in [-0.3, -0.25) is 4.79 Å². The fourth-order valence-corrected chi connectivity index (χ4v) is 1.63. The minimum Gasteiger partial charge on any atom is -0.355 e. The van der Waals surface area contributed by atoms with E-state index in [2.05, 4.69) is 10.6 Å². The van der Waals surface area contributed by atoms with Crippen LogP contribution >= 0.6 is 0 Å². The summed E-state index contributed by atoms with van der Waals surface area (Å²) in [5.74, 6) is -0.131. The van der Waals surface area contributed by atoms with Crippen LogP contribution in [0.15, 0.2) is 24.3 Å². The van der Waals surface area contributed by atoms with E-state index in [4.69, 9.17) is 0 Å². The van der Waals surface area contributed by atoms with E-state index in [1.165, 1.54) is 13.0 Å². The molecule has 2 N–H and O–H groups in total. The molecular formula is C13H17F3N2O. The summed E-state index contributed by atoms with van der Waals surface area (Å²) in [5, 5.41) is 5.66. The molecule has 0 bridgehead atoms. The second kappa shape index (κ2) is 6.56. The van der Waals surface area contributed by atoms with Gasteiger partial charge in [-0.25, -0.2) is 0 Å². The van der Waals surface area contributed by atoms with Crippen molar-refractivity contribution in [2.75, 3.05) is 13.1 Å². The van der Waals surface area contributed by atoms with Crippen LogP contribution in [0.2, 0.25) is 0 Å². The molecule has 0 saturated carbocycles. The quantitative estimate of drug-likeness (QED) is 0.810. The molecule has 0 heterocycles. The maximum Gasteiger partial charge on any atom is 0.416 e. The first-order chi connectivity index (χ1) is 8.80. The number of hydrogen-bond donors (Lipinski definition) is 2. The van der Waals surface area contributed by atoms with Crippen LogP contribution in [-0.4, -0.2) is 19.0 Å². The molecule has 1 atom stereocenters. The lowest BCUT2D eigenvalue weighted by molar-refractivity contribution is -0.137. The van der Waals surface area contributed by atoms with E-state index in [0.717, 1.165) is 12.1 Å². The summed E-state index contributed by atoms with van der Waals surface area (Å²) >= 11 is 0. The third-order valence-corrected chi connectivity index (χ3v) is 2.66. The molecule has 1 rings (SSSR count). The molecule has 0 radical (unpaired) electrons. The third-order valence-electron chi connectivity index (χ3n) is 2.66. The van der Waals surface area contributed by atoms with Crippen molar-refractivity contribution in [3.8, 4) is 0 Å². The predicted octanol–water partition coefficient (Wildman–Crippen LogP) is 2.49. The van der Waals surface area contributed by atoms with Gasteiger partial charge >= 0.3 is 6.18 Å². The zero-order valence-corrected chi connectivity index (χ0v) is 10.8. The molecule has 0 aliphatic carbocycles. The van der Waals surface area contributed by atoms with E-state index in [0.29, 0.717) is 18.7 Å². The molecule has 1 unspecified atom stereocenters. The number of benzene rings is 1. The number of amides is 1. The van der Waals surface area contributed by atoms with Crippen molar-refractivity contribution in [1.82, 2.24) is 10.6 Å². The smallest absolute Gasteiger partial charge is 0.355 e. The minimum atomic E-state index is -4.33. The Morgan fingerprint density at radius 1 is 1.32 bits per heavy atom. The molecule has 0 aromatic heterocycles. The van der Waals surface area contributed by atoms with Gasteiger partial charge in [0.1, 0.15) is 0 Å². The Balaban J connectivity index is 2.57. The molecule has 3 nitrogen and oxygen atoms in total. The monoisotopic (exact) mass is 274 g/mol. The lowest BCUT2D eigenvalue weighted by Gasteiger charge is -2.16. The Bertz CT molecular complexity index is 432. The van der Waals surface area contributed by atoms with Crippen molar-refractivity contribution in [3.05, 3.63) is 35.4 Å². The van der Waals surface area contributed by atoms with Crippen LogP contribution < -0.4 is 10.6 Å². The largest absolute Gasteiger partial charge is 0.416 e. The molecule has 6 heteroatoms. The van der Waals surface area contributed by atoms with Crippen molar-refractivity contribution in [2.24, 2.45) is 0 Å². The van der Waals surface area contributed by atoms with Crippen molar-refractivity contribution in [1.29, 1.82) is 0 Å². The first-order valence-electron chi connectivity index (χ1n) is 5.95. The first kappa shape index (κ1) is 15.5. The summed E-state index contributed by atoms with van der Waals surface area (Å²) in [6.07, 6.45) is -4.33. The molecule has 106 valence electrons. The van der Waals surface area contributed by atoms with Gasteiger partial charge in [0.2, 0.25) is 5.91 Å². The molecule has 19 heavy (non-hydrogen) atoms. The van der Waals surface area contributed by atoms with E-state index >= 15 is 0 Å². The molecule has 1 aromatic rings. The van der Waals surface area contributed by atoms with Crippen molar-refractivity contribution < 1.29 is 18.0 Å². The van der Waals surface area contributed by atoms with Crippen LogP contribution in [0.3, 0.4) is 0 Å². The Kier molecular flexibility index (Phi) is 5.35. The van der Waals surface area contributed by atoms with E-state index < -0.39 is 11.7 Å². The van der Waals surface area contributed by atoms with Gasteiger partial charge < -0.3 is 10.6 Å². The van der Waals surface area contributed by atoms with Gasteiger partial charge in [0.25, 0.3) is 0 Å². The number of halogens is 3. The van der Waals surface area contributed by atoms with E-state index in [-0.39, 0.29) is 11.9 Å². The fraction of sp³-hybridized carbons (Fsp3) is 0.462. The number of nitrogens with one attached hydrogen (secondary N) is 2. The Morgan fingerprint density at radius 2 is 2.00 bits per heavy atom. The summed E-state index contributed by atoms with van der Waals surface area (Å²) in [6.45, 7) is 4.13. The lowest BCUT2D eigenvalue weighted by atomic mass is 10.0. The van der Waals surface area contributed by atoms with E-state index in [1.54, 1.807) is 13.0 Å². The number of rotatable bonds is 5. The zero-order valence-electron chi connectivity index (χ0n) is 10.8. The molecule has 0 fully saturated rings. The van der Waals surface area contributed by atoms with Gasteiger partial charge in [-0.15, -0.1) is 0 Å². The second-order valence-corrected chi connectivity index (χ2v) is 4.28. The summed E-state index contributed by atoms with van der Waals surface area (Å²) in [7, 11) is 0. The molecule has 0 saturated heterocycles. The third kappa shape index (κ3) is 5.30. The van der Waals surface area contributed by atoms with Crippen LogP contribution in [0.25, 0.3) is 0 Å². The fourth-order valence-electron chi connectivity index (χ4n) is 1.63. The van der Waals surface area contributed by atoms with Crippen LogP contribution in [-0.2, 0) is 11.0 Å². The van der Waals surface area contributed by atoms with Gasteiger partial charge in [0.05, 0.1) is 5.56 Å². The van der Waals surface area contributed by atoms with Gasteiger partial charge in [0, 0.05) is 26.1 Å². The van der Waals surface area contributed by atoms with Crippen LogP contribution in [0.5, 0.6) is 0 Å². The first-order valence-corrected chi connectivity index (χ1v) is 5.95. The topological polar surface area (TPSA) is 41.1 Å². The summed E-state index contributed by atoms with van der Waals surface area (Å²) in [4.78, 5) is 10.6. The molecule has 1 aromatic carbocycles. The highest BCUT2D eigenvalue weighted by Gasteiger charge is 2.30. The van der Waals surface area contributed by atoms with Crippen molar-refractivity contribution >= 4 is 5.91 Å². The van der Waals surface area contributed by atoms with Crippen molar-refractivity contribution in [2.45, 2.75) is 26.1 Å². The highest BCUT2D eigenvalue weighted by atomic mass is 19.4. The lowest BCUT2D eigenvalue weighted by Crippen LogP contribution is -2.31. The zero-order chi connectivity index (χ0) is 14.5. The Morgan fingerprint density at radius 3 is 2.58 bits per heavy atom. The highest BCUT2D eigenvalue weighted by Crippen LogP contribution is 2.30.